The molecule has 1 heterocycles. The first-order chi connectivity index (χ1) is 4.33. The summed E-state index contributed by atoms with van der Waals surface area (Å²) in [6.45, 7) is 5.32. The van der Waals surface area contributed by atoms with Crippen LogP contribution in [-0.2, 0) is 0 Å². The van der Waals surface area contributed by atoms with E-state index >= 15 is 0 Å². The zero-order valence-electron chi connectivity index (χ0n) is 6.07. The van der Waals surface area contributed by atoms with Crippen LogP contribution in [0.1, 0.15) is 20.3 Å². The Morgan fingerprint density at radius 3 is 2.78 bits per heavy atom. The van der Waals surface area contributed by atoms with Crippen LogP contribution in [0.2, 0.25) is 0 Å². The van der Waals surface area contributed by atoms with Crippen LogP contribution in [0.25, 0.3) is 0 Å². The zero-order chi connectivity index (χ0) is 6.69. The predicted octanol–water partition coefficient (Wildman–Crippen LogP) is 1.83. The highest BCUT2D eigenvalue weighted by atomic mass is 14.9. The van der Waals surface area contributed by atoms with Gasteiger partial charge in [-0.05, 0) is 19.4 Å². The molecule has 1 rings (SSSR count). The summed E-state index contributed by atoms with van der Waals surface area (Å²) >= 11 is 0. The van der Waals surface area contributed by atoms with Crippen LogP contribution < -0.4 is 5.32 Å². The fourth-order valence-electron chi connectivity index (χ4n) is 0.857. The Balaban J connectivity index is 2.59. The Labute approximate surface area is 56.5 Å². The molecular formula is C8H13N. The molecule has 0 radical (unpaired) electrons. The lowest BCUT2D eigenvalue weighted by Crippen LogP contribution is -2.17. The van der Waals surface area contributed by atoms with Crippen molar-refractivity contribution >= 4 is 0 Å². The summed E-state index contributed by atoms with van der Waals surface area (Å²) in [5, 5.41) is 3.31. The van der Waals surface area contributed by atoms with Crippen molar-refractivity contribution < 1.29 is 0 Å². The highest BCUT2D eigenvalue weighted by molar-refractivity contribution is 5.21. The Hall–Kier alpha value is -0.720. The molecule has 1 heteroatoms. The van der Waals surface area contributed by atoms with Gasteiger partial charge in [-0.2, -0.15) is 0 Å². The van der Waals surface area contributed by atoms with Crippen molar-refractivity contribution in [3.8, 4) is 0 Å². The molecule has 1 aliphatic rings. The lowest BCUT2D eigenvalue weighted by molar-refractivity contribution is 0.805. The number of dihydropyridines is 1. The molecule has 0 atom stereocenters. The summed E-state index contributed by atoms with van der Waals surface area (Å²) in [4.78, 5) is 0. The van der Waals surface area contributed by atoms with Crippen molar-refractivity contribution in [2.24, 2.45) is 0 Å². The maximum absolute atomic E-state index is 3.31. The third-order valence-electron chi connectivity index (χ3n) is 1.54. The van der Waals surface area contributed by atoms with Gasteiger partial charge in [0.1, 0.15) is 0 Å². The molecule has 0 fully saturated rings. The number of hydrogen-bond donors (Lipinski definition) is 1. The van der Waals surface area contributed by atoms with Crippen molar-refractivity contribution in [3.63, 3.8) is 0 Å². The molecule has 0 aliphatic carbocycles. The predicted molar refractivity (Wildman–Crippen MR) is 40.1 cm³/mol. The van der Waals surface area contributed by atoms with E-state index in [-0.39, 0.29) is 0 Å². The maximum Gasteiger partial charge on any atom is 0.0357 e. The van der Waals surface area contributed by atoms with Gasteiger partial charge in [0.15, 0.2) is 0 Å². The van der Waals surface area contributed by atoms with Gasteiger partial charge in [-0.1, -0.05) is 18.6 Å². The fourth-order valence-corrected chi connectivity index (χ4v) is 0.857. The minimum atomic E-state index is 1.03. The van der Waals surface area contributed by atoms with Gasteiger partial charge in [0.25, 0.3) is 0 Å². The highest BCUT2D eigenvalue weighted by Crippen LogP contribution is 2.04. The fraction of sp³-hybridized carbons (Fsp3) is 0.500. The summed E-state index contributed by atoms with van der Waals surface area (Å²) in [7, 11) is 0. The third kappa shape index (κ3) is 1.60. The summed E-state index contributed by atoms with van der Waals surface area (Å²) < 4.78 is 0. The standard InChI is InChI=1S/C8H13N/c1-3-8-5-4-7(2)6-9-8/h4-5,9H,3,6H2,1-2H3. The SMILES string of the molecule is CCC1=CC=C(C)CN1. The second-order valence-electron chi connectivity index (χ2n) is 2.41. The Morgan fingerprint density at radius 2 is 2.33 bits per heavy atom. The van der Waals surface area contributed by atoms with Crippen LogP contribution in [0, 0.1) is 0 Å². The molecule has 0 saturated carbocycles. The van der Waals surface area contributed by atoms with Crippen molar-refractivity contribution in [3.05, 3.63) is 23.4 Å². The van der Waals surface area contributed by atoms with Gasteiger partial charge in [0.05, 0.1) is 0 Å². The quantitative estimate of drug-likeness (QED) is 0.561. The molecule has 0 saturated heterocycles. The third-order valence-corrected chi connectivity index (χ3v) is 1.54. The van der Waals surface area contributed by atoms with Gasteiger partial charge in [-0.25, -0.2) is 0 Å². The Morgan fingerprint density at radius 1 is 1.56 bits per heavy atom. The maximum atomic E-state index is 3.31. The molecule has 0 amide bonds. The van der Waals surface area contributed by atoms with E-state index in [2.05, 4.69) is 31.3 Å². The molecule has 0 bridgehead atoms. The Kier molecular flexibility index (Phi) is 1.93. The van der Waals surface area contributed by atoms with Crippen LogP contribution in [0.4, 0.5) is 0 Å². The van der Waals surface area contributed by atoms with Crippen LogP contribution in [0.5, 0.6) is 0 Å². The van der Waals surface area contributed by atoms with Gasteiger partial charge in [0.2, 0.25) is 0 Å². The lowest BCUT2D eigenvalue weighted by Gasteiger charge is -2.12. The van der Waals surface area contributed by atoms with Gasteiger partial charge in [-0.3, -0.25) is 0 Å². The second kappa shape index (κ2) is 2.72. The average molecular weight is 123 g/mol. The zero-order valence-corrected chi connectivity index (χ0v) is 6.07. The van der Waals surface area contributed by atoms with Gasteiger partial charge in [-0.15, -0.1) is 0 Å². The minimum absolute atomic E-state index is 1.03. The molecule has 0 aromatic carbocycles. The van der Waals surface area contributed by atoms with E-state index in [1.54, 1.807) is 0 Å². The first-order valence-electron chi connectivity index (χ1n) is 3.43. The van der Waals surface area contributed by atoms with Crippen molar-refractivity contribution in [2.45, 2.75) is 20.3 Å². The van der Waals surface area contributed by atoms with E-state index in [1.807, 2.05) is 0 Å². The number of allylic oxidation sites excluding steroid dienone is 3. The molecule has 1 aliphatic heterocycles. The summed E-state index contributed by atoms with van der Waals surface area (Å²) in [5.41, 5.74) is 2.76. The number of hydrogen-bond acceptors (Lipinski definition) is 1. The molecule has 0 unspecified atom stereocenters. The van der Waals surface area contributed by atoms with Crippen molar-refractivity contribution in [2.75, 3.05) is 6.54 Å². The first-order valence-corrected chi connectivity index (χ1v) is 3.43. The topological polar surface area (TPSA) is 12.0 Å². The van der Waals surface area contributed by atoms with E-state index in [9.17, 15) is 0 Å². The number of nitrogens with one attached hydrogen (secondary N) is 1. The normalized spacial score (nSPS) is 18.0. The van der Waals surface area contributed by atoms with E-state index in [0.29, 0.717) is 0 Å². The van der Waals surface area contributed by atoms with Gasteiger partial charge < -0.3 is 5.32 Å². The molecule has 50 valence electrons. The Bertz CT molecular complexity index is 154. The van der Waals surface area contributed by atoms with E-state index < -0.39 is 0 Å². The molecule has 9 heavy (non-hydrogen) atoms. The molecular weight excluding hydrogens is 110 g/mol. The molecule has 1 nitrogen and oxygen atoms in total. The van der Waals surface area contributed by atoms with Gasteiger partial charge >= 0.3 is 0 Å². The van der Waals surface area contributed by atoms with E-state index in [1.165, 1.54) is 11.3 Å². The summed E-state index contributed by atoms with van der Waals surface area (Å²) in [6, 6.07) is 0. The smallest absolute Gasteiger partial charge is 0.0357 e. The number of rotatable bonds is 1. The van der Waals surface area contributed by atoms with E-state index in [4.69, 9.17) is 0 Å². The van der Waals surface area contributed by atoms with Crippen LogP contribution in [0.3, 0.4) is 0 Å². The molecule has 1 N–H and O–H groups in total. The van der Waals surface area contributed by atoms with Crippen LogP contribution >= 0.6 is 0 Å². The highest BCUT2D eigenvalue weighted by Gasteiger charge is 1.96. The monoisotopic (exact) mass is 123 g/mol. The minimum Gasteiger partial charge on any atom is -0.385 e. The summed E-state index contributed by atoms with van der Waals surface area (Å²) in [6.07, 6.45) is 5.44. The van der Waals surface area contributed by atoms with Crippen molar-refractivity contribution in [1.82, 2.24) is 5.32 Å². The average Bonchev–Trinajstić information content (AvgIpc) is 1.90. The second-order valence-corrected chi connectivity index (χ2v) is 2.41. The van der Waals surface area contributed by atoms with Crippen LogP contribution in [0.15, 0.2) is 23.4 Å². The van der Waals surface area contributed by atoms with Crippen LogP contribution in [-0.4, -0.2) is 6.54 Å². The van der Waals surface area contributed by atoms with Gasteiger partial charge in [0, 0.05) is 12.2 Å². The van der Waals surface area contributed by atoms with E-state index in [0.717, 1.165) is 13.0 Å². The summed E-state index contributed by atoms with van der Waals surface area (Å²) in [5.74, 6) is 0. The molecule has 0 aromatic rings. The first kappa shape index (κ1) is 6.40. The largest absolute Gasteiger partial charge is 0.385 e. The molecule has 0 spiro atoms. The molecule has 0 aromatic heterocycles. The lowest BCUT2D eigenvalue weighted by atomic mass is 10.2. The van der Waals surface area contributed by atoms with Crippen molar-refractivity contribution in [1.29, 1.82) is 0 Å².